The SMILES string of the molecule is CC(=O)c1nn(CC(=O)O)c2ccc(-c3cnc(C)nc3)cc12.CC(=O)c1nn(CC(=O)OC(C)(C)C)c2ccc(-c3cnc(C)nc3)cc12. The summed E-state index contributed by atoms with van der Waals surface area (Å²) in [4.78, 5) is 63.7. The van der Waals surface area contributed by atoms with Crippen molar-refractivity contribution in [2.45, 2.75) is 67.2 Å². The Morgan fingerprint density at radius 1 is 0.660 bits per heavy atom. The molecule has 6 rings (SSSR count). The predicted molar refractivity (Wildman–Crippen MR) is 184 cm³/mol. The van der Waals surface area contributed by atoms with E-state index in [0.717, 1.165) is 22.3 Å². The molecule has 2 aromatic carbocycles. The Kier molecular flexibility index (Phi) is 9.92. The lowest BCUT2D eigenvalue weighted by atomic mass is 10.0. The summed E-state index contributed by atoms with van der Waals surface area (Å²) in [6, 6.07) is 11.0. The molecule has 0 radical (unpaired) electrons. The number of esters is 1. The van der Waals surface area contributed by atoms with Crippen molar-refractivity contribution in [1.82, 2.24) is 39.5 Å². The van der Waals surface area contributed by atoms with Crippen LogP contribution in [0.15, 0.2) is 61.2 Å². The Hall–Kier alpha value is -6.18. The van der Waals surface area contributed by atoms with Gasteiger partial charge in [0, 0.05) is 60.5 Å². The van der Waals surface area contributed by atoms with Gasteiger partial charge >= 0.3 is 11.9 Å². The van der Waals surface area contributed by atoms with E-state index in [1.807, 2.05) is 58.0 Å². The van der Waals surface area contributed by atoms with Crippen LogP contribution in [0.25, 0.3) is 44.1 Å². The summed E-state index contributed by atoms with van der Waals surface area (Å²) in [5.41, 5.74) is 4.69. The van der Waals surface area contributed by atoms with E-state index >= 15 is 0 Å². The molecule has 256 valence electrons. The number of ether oxygens (including phenoxy) is 1. The van der Waals surface area contributed by atoms with Gasteiger partial charge in [-0.2, -0.15) is 10.2 Å². The molecule has 0 aliphatic carbocycles. The summed E-state index contributed by atoms with van der Waals surface area (Å²) in [7, 11) is 0. The molecule has 14 heteroatoms. The number of carbonyl (C=O) groups is 4. The molecule has 4 heterocycles. The number of aliphatic carboxylic acids is 1. The average Bonchev–Trinajstić information content (AvgIpc) is 3.58. The van der Waals surface area contributed by atoms with Crippen molar-refractivity contribution in [2.24, 2.45) is 0 Å². The molecule has 1 N–H and O–H groups in total. The Bertz CT molecular complexity index is 2250. The predicted octanol–water partition coefficient (Wildman–Crippen LogP) is 5.43. The number of carboxylic acid groups (broad SMARTS) is 1. The highest BCUT2D eigenvalue weighted by Gasteiger charge is 2.21. The number of nitrogens with zero attached hydrogens (tertiary/aromatic N) is 8. The van der Waals surface area contributed by atoms with Crippen LogP contribution in [0.3, 0.4) is 0 Å². The van der Waals surface area contributed by atoms with Crippen LogP contribution in [0.4, 0.5) is 0 Å². The largest absolute Gasteiger partial charge is 0.480 e. The maximum atomic E-state index is 12.2. The van der Waals surface area contributed by atoms with Crippen molar-refractivity contribution in [3.63, 3.8) is 0 Å². The first-order chi connectivity index (χ1) is 23.6. The zero-order valence-electron chi connectivity index (χ0n) is 28.8. The molecule has 0 aliphatic heterocycles. The van der Waals surface area contributed by atoms with Gasteiger partial charge in [0.1, 0.15) is 41.7 Å². The average molecular weight is 677 g/mol. The first-order valence-electron chi connectivity index (χ1n) is 15.6. The Balaban J connectivity index is 0.000000197. The maximum absolute atomic E-state index is 12.2. The van der Waals surface area contributed by atoms with E-state index in [1.54, 1.807) is 37.8 Å². The number of hydrogen-bond acceptors (Lipinski definition) is 11. The van der Waals surface area contributed by atoms with Gasteiger partial charge in [-0.1, -0.05) is 12.1 Å². The van der Waals surface area contributed by atoms with Gasteiger partial charge in [-0.3, -0.25) is 28.5 Å². The third-order valence-electron chi connectivity index (χ3n) is 7.38. The van der Waals surface area contributed by atoms with Crippen molar-refractivity contribution in [3.05, 3.63) is 84.2 Å². The van der Waals surface area contributed by atoms with Gasteiger partial charge in [-0.15, -0.1) is 0 Å². The van der Waals surface area contributed by atoms with Crippen LogP contribution in [0, 0.1) is 13.8 Å². The zero-order chi connectivity index (χ0) is 36.3. The number of hydrogen-bond donors (Lipinski definition) is 1. The van der Waals surface area contributed by atoms with Crippen molar-refractivity contribution in [1.29, 1.82) is 0 Å². The quantitative estimate of drug-likeness (QED) is 0.159. The Labute approximate surface area is 287 Å². The van der Waals surface area contributed by atoms with Gasteiger partial charge in [-0.25, -0.2) is 19.9 Å². The first-order valence-corrected chi connectivity index (χ1v) is 15.6. The number of carbonyl (C=O) groups excluding carboxylic acids is 3. The molecule has 0 saturated heterocycles. The summed E-state index contributed by atoms with van der Waals surface area (Å²) < 4.78 is 8.20. The minimum absolute atomic E-state index is 0.0615. The Morgan fingerprint density at radius 2 is 1.06 bits per heavy atom. The maximum Gasteiger partial charge on any atom is 0.328 e. The molecule has 0 fully saturated rings. The van der Waals surface area contributed by atoms with Crippen molar-refractivity contribution >= 4 is 45.3 Å². The van der Waals surface area contributed by atoms with Crippen molar-refractivity contribution < 1.29 is 29.0 Å². The molecule has 0 bridgehead atoms. The van der Waals surface area contributed by atoms with Crippen LogP contribution >= 0.6 is 0 Å². The summed E-state index contributed by atoms with van der Waals surface area (Å²) >= 11 is 0. The molecule has 0 spiro atoms. The molecule has 4 aromatic heterocycles. The van der Waals surface area contributed by atoms with Crippen LogP contribution in [0.5, 0.6) is 0 Å². The fourth-order valence-electron chi connectivity index (χ4n) is 5.19. The third-order valence-corrected chi connectivity index (χ3v) is 7.38. The second-order valence-electron chi connectivity index (χ2n) is 12.6. The van der Waals surface area contributed by atoms with E-state index in [4.69, 9.17) is 9.84 Å². The topological polar surface area (TPSA) is 185 Å². The minimum atomic E-state index is -1.01. The number of aromatic nitrogens is 8. The number of aryl methyl sites for hydroxylation is 2. The molecule has 0 aliphatic rings. The van der Waals surface area contributed by atoms with Crippen LogP contribution in [0.2, 0.25) is 0 Å². The van der Waals surface area contributed by atoms with Gasteiger partial charge < -0.3 is 9.84 Å². The van der Waals surface area contributed by atoms with Crippen LogP contribution in [0.1, 0.15) is 67.2 Å². The van der Waals surface area contributed by atoms with Crippen molar-refractivity contribution in [2.75, 3.05) is 0 Å². The number of carboxylic acids is 1. The normalized spacial score (nSPS) is 11.3. The molecule has 0 atom stereocenters. The third kappa shape index (κ3) is 8.09. The van der Waals surface area contributed by atoms with Crippen LogP contribution in [-0.4, -0.2) is 73.7 Å². The van der Waals surface area contributed by atoms with Gasteiger partial charge in [0.25, 0.3) is 0 Å². The number of rotatable bonds is 8. The monoisotopic (exact) mass is 676 g/mol. The van der Waals surface area contributed by atoms with E-state index in [9.17, 15) is 19.2 Å². The number of fused-ring (bicyclic) bond motifs is 2. The van der Waals surface area contributed by atoms with Gasteiger partial charge in [-0.05, 0) is 70.0 Å². The summed E-state index contributed by atoms with van der Waals surface area (Å²) in [5, 5.41) is 18.8. The Morgan fingerprint density at radius 3 is 1.42 bits per heavy atom. The highest BCUT2D eigenvalue weighted by molar-refractivity contribution is 6.07. The standard InChI is InChI=1S/C20H22N4O3.C16H14N4O3/c1-12(25)19-16-8-14(15-9-21-13(2)22-10-15)6-7-17(16)24(23-19)11-18(26)27-20(3,4)5;1-9(21)16-13-5-11(12-6-17-10(2)18-7-12)3-4-14(13)20(19-16)8-15(22)23/h6-10H,11H2,1-5H3;3-7H,8H2,1-2H3,(H,22,23). The summed E-state index contributed by atoms with van der Waals surface area (Å²) in [5.74, 6) is -0.432. The summed E-state index contributed by atoms with van der Waals surface area (Å²) in [6.07, 6.45) is 6.89. The smallest absolute Gasteiger partial charge is 0.328 e. The molecule has 0 amide bonds. The van der Waals surface area contributed by atoms with Gasteiger partial charge in [0.2, 0.25) is 0 Å². The highest BCUT2D eigenvalue weighted by atomic mass is 16.6. The highest BCUT2D eigenvalue weighted by Crippen LogP contribution is 2.28. The first kappa shape index (κ1) is 35.1. The molecular weight excluding hydrogens is 640 g/mol. The van der Waals surface area contributed by atoms with Crippen LogP contribution < -0.4 is 0 Å². The number of ketones is 2. The number of Topliss-reactive ketones (excluding diaryl/α,β-unsaturated/α-hetero) is 2. The molecule has 0 saturated carbocycles. The van der Waals surface area contributed by atoms with E-state index in [-0.39, 0.29) is 30.3 Å². The lowest BCUT2D eigenvalue weighted by molar-refractivity contribution is -0.155. The lowest BCUT2D eigenvalue weighted by Gasteiger charge is -2.19. The van der Waals surface area contributed by atoms with E-state index in [2.05, 4.69) is 30.1 Å². The molecule has 6 aromatic rings. The summed E-state index contributed by atoms with van der Waals surface area (Å²) in [6.45, 7) is 11.6. The van der Waals surface area contributed by atoms with Crippen LogP contribution in [-0.2, 0) is 27.4 Å². The van der Waals surface area contributed by atoms with E-state index in [0.29, 0.717) is 39.1 Å². The van der Waals surface area contributed by atoms with E-state index in [1.165, 1.54) is 23.2 Å². The van der Waals surface area contributed by atoms with Gasteiger partial charge in [0.05, 0.1) is 11.0 Å². The van der Waals surface area contributed by atoms with Crippen molar-refractivity contribution in [3.8, 4) is 22.3 Å². The molecule has 50 heavy (non-hydrogen) atoms. The molecule has 14 nitrogen and oxygen atoms in total. The lowest BCUT2D eigenvalue weighted by Crippen LogP contribution is -2.26. The fraction of sp³-hybridized carbons (Fsp3) is 0.278. The fourth-order valence-corrected chi connectivity index (χ4v) is 5.19. The zero-order valence-corrected chi connectivity index (χ0v) is 28.8. The molecule has 0 unspecified atom stereocenters. The minimum Gasteiger partial charge on any atom is -0.480 e. The number of benzene rings is 2. The molecular formula is C36H36N8O6. The second kappa shape index (κ2) is 14.1. The second-order valence-corrected chi connectivity index (χ2v) is 12.6. The van der Waals surface area contributed by atoms with Gasteiger partial charge in [0.15, 0.2) is 11.6 Å². The van der Waals surface area contributed by atoms with E-state index < -0.39 is 17.5 Å².